The van der Waals surface area contributed by atoms with Crippen molar-refractivity contribution >= 4 is 33.1 Å². The summed E-state index contributed by atoms with van der Waals surface area (Å²) in [6.07, 6.45) is 1.46. The van der Waals surface area contributed by atoms with Gasteiger partial charge in [0.15, 0.2) is 0 Å². The van der Waals surface area contributed by atoms with E-state index in [1.807, 2.05) is 0 Å². The van der Waals surface area contributed by atoms with Crippen molar-refractivity contribution < 1.29 is 12.8 Å². The Hall–Kier alpha value is -2.64. The van der Waals surface area contributed by atoms with Gasteiger partial charge in [0.25, 0.3) is 10.0 Å². The third kappa shape index (κ3) is 4.30. The van der Waals surface area contributed by atoms with Gasteiger partial charge in [0.1, 0.15) is 16.5 Å². The molecule has 26 heavy (non-hydrogen) atoms. The second-order valence-electron chi connectivity index (χ2n) is 5.41. The average Bonchev–Trinajstić information content (AvgIpc) is 2.62. The highest BCUT2D eigenvalue weighted by atomic mass is 35.5. The maximum absolute atomic E-state index is 13.6. The highest BCUT2D eigenvalue weighted by molar-refractivity contribution is 7.92. The quantitative estimate of drug-likeness (QED) is 0.657. The van der Waals surface area contributed by atoms with E-state index in [2.05, 4.69) is 15.0 Å². The maximum Gasteiger partial charge on any atom is 0.264 e. The summed E-state index contributed by atoms with van der Waals surface area (Å²) in [4.78, 5) is 4.04. The molecule has 3 aromatic rings. The molecule has 2 N–H and O–H groups in total. The average molecular weight is 392 g/mol. The fourth-order valence-corrected chi connectivity index (χ4v) is 3.78. The van der Waals surface area contributed by atoms with Crippen molar-refractivity contribution in [3.8, 4) is 0 Å². The lowest BCUT2D eigenvalue weighted by Gasteiger charge is -2.10. The maximum atomic E-state index is 13.6. The van der Waals surface area contributed by atoms with Crippen molar-refractivity contribution in [2.45, 2.75) is 11.4 Å². The second-order valence-corrected chi connectivity index (χ2v) is 7.47. The van der Waals surface area contributed by atoms with E-state index in [1.54, 1.807) is 36.4 Å². The molecule has 134 valence electrons. The van der Waals surface area contributed by atoms with Crippen LogP contribution in [0.15, 0.2) is 71.8 Å². The number of benzene rings is 2. The molecule has 5 nitrogen and oxygen atoms in total. The number of aromatic nitrogens is 1. The molecule has 0 atom stereocenters. The van der Waals surface area contributed by atoms with Crippen molar-refractivity contribution in [3.63, 3.8) is 0 Å². The van der Waals surface area contributed by atoms with Crippen molar-refractivity contribution in [2.24, 2.45) is 0 Å². The minimum Gasteiger partial charge on any atom is -0.380 e. The summed E-state index contributed by atoms with van der Waals surface area (Å²) < 4.78 is 40.7. The number of anilines is 2. The molecule has 0 amide bonds. The van der Waals surface area contributed by atoms with Crippen molar-refractivity contribution in [1.82, 2.24) is 4.98 Å². The number of hydrogen-bond donors (Lipinski definition) is 2. The predicted molar refractivity (Wildman–Crippen MR) is 100 cm³/mol. The standard InChI is InChI=1S/C18H15ClFN3O2S/c19-15-6-2-4-8-17(15)26(24,25)23-18-10-9-14(12-22-18)21-11-13-5-1-3-7-16(13)20/h1-10,12,21H,11H2,(H,22,23). The van der Waals surface area contributed by atoms with Crippen LogP contribution < -0.4 is 10.0 Å². The third-order valence-electron chi connectivity index (χ3n) is 3.57. The van der Waals surface area contributed by atoms with Crippen LogP contribution in [0.1, 0.15) is 5.56 Å². The van der Waals surface area contributed by atoms with Crippen molar-refractivity contribution in [3.05, 3.63) is 83.3 Å². The molecule has 3 rings (SSSR count). The van der Waals surface area contributed by atoms with E-state index in [-0.39, 0.29) is 21.6 Å². The van der Waals surface area contributed by atoms with Gasteiger partial charge in [-0.05, 0) is 30.3 Å². The van der Waals surface area contributed by atoms with Crippen LogP contribution in [-0.4, -0.2) is 13.4 Å². The third-order valence-corrected chi connectivity index (χ3v) is 5.42. The lowest BCUT2D eigenvalue weighted by atomic mass is 10.2. The summed E-state index contributed by atoms with van der Waals surface area (Å²) in [7, 11) is -3.83. The van der Waals surface area contributed by atoms with Gasteiger partial charge in [-0.25, -0.2) is 17.8 Å². The van der Waals surface area contributed by atoms with Crippen LogP contribution in [0.4, 0.5) is 15.9 Å². The zero-order chi connectivity index (χ0) is 18.6. The summed E-state index contributed by atoms with van der Waals surface area (Å²) in [6, 6.07) is 15.8. The first-order valence-corrected chi connectivity index (χ1v) is 9.52. The molecular formula is C18H15ClFN3O2S. The molecule has 0 aliphatic rings. The number of sulfonamides is 1. The van der Waals surface area contributed by atoms with Gasteiger partial charge in [-0.3, -0.25) is 4.72 Å². The summed E-state index contributed by atoms with van der Waals surface area (Å²) >= 11 is 5.93. The molecule has 2 aromatic carbocycles. The first kappa shape index (κ1) is 18.2. The van der Waals surface area contributed by atoms with E-state index in [9.17, 15) is 12.8 Å². The molecule has 0 radical (unpaired) electrons. The number of nitrogens with one attached hydrogen (secondary N) is 2. The van der Waals surface area contributed by atoms with Crippen LogP contribution in [0.25, 0.3) is 0 Å². The van der Waals surface area contributed by atoms with E-state index in [1.165, 1.54) is 30.5 Å². The number of pyridine rings is 1. The van der Waals surface area contributed by atoms with Gasteiger partial charge in [-0.1, -0.05) is 41.9 Å². The van der Waals surface area contributed by atoms with Crippen molar-refractivity contribution in [2.75, 3.05) is 10.0 Å². The van der Waals surface area contributed by atoms with Crippen LogP contribution in [0.2, 0.25) is 5.02 Å². The van der Waals surface area contributed by atoms with Crippen LogP contribution in [-0.2, 0) is 16.6 Å². The highest BCUT2D eigenvalue weighted by Gasteiger charge is 2.17. The lowest BCUT2D eigenvalue weighted by Crippen LogP contribution is -2.14. The van der Waals surface area contributed by atoms with Crippen LogP contribution >= 0.6 is 11.6 Å². The monoisotopic (exact) mass is 391 g/mol. The SMILES string of the molecule is O=S(=O)(Nc1ccc(NCc2ccccc2F)cn1)c1ccccc1Cl. The fraction of sp³-hybridized carbons (Fsp3) is 0.0556. The summed E-state index contributed by atoms with van der Waals surface area (Å²) in [5.41, 5.74) is 1.16. The molecule has 0 aliphatic heterocycles. The van der Waals surface area contributed by atoms with Gasteiger partial charge in [0.05, 0.1) is 16.9 Å². The summed E-state index contributed by atoms with van der Waals surface area (Å²) in [5.74, 6) is -0.140. The predicted octanol–water partition coefficient (Wildman–Crippen LogP) is 4.29. The summed E-state index contributed by atoms with van der Waals surface area (Å²) in [5, 5.41) is 3.16. The van der Waals surface area contributed by atoms with Gasteiger partial charge in [0.2, 0.25) is 0 Å². The smallest absolute Gasteiger partial charge is 0.264 e. The first-order chi connectivity index (χ1) is 12.5. The molecule has 0 bridgehead atoms. The second kappa shape index (κ2) is 7.72. The molecular weight excluding hydrogens is 377 g/mol. The molecule has 1 aromatic heterocycles. The Bertz CT molecular complexity index is 1010. The van der Waals surface area contributed by atoms with Gasteiger partial charge >= 0.3 is 0 Å². The Morgan fingerprint density at radius 3 is 2.42 bits per heavy atom. The molecule has 0 saturated carbocycles. The van der Waals surface area contributed by atoms with Gasteiger partial charge < -0.3 is 5.32 Å². The Balaban J connectivity index is 1.68. The molecule has 0 fully saturated rings. The first-order valence-electron chi connectivity index (χ1n) is 7.66. The van der Waals surface area contributed by atoms with E-state index >= 15 is 0 Å². The zero-order valence-corrected chi connectivity index (χ0v) is 15.1. The molecule has 0 aliphatic carbocycles. The van der Waals surface area contributed by atoms with Crippen LogP contribution in [0.3, 0.4) is 0 Å². The highest BCUT2D eigenvalue weighted by Crippen LogP contribution is 2.23. The summed E-state index contributed by atoms with van der Waals surface area (Å²) in [6.45, 7) is 0.291. The number of halogens is 2. The van der Waals surface area contributed by atoms with Crippen LogP contribution in [0.5, 0.6) is 0 Å². The Morgan fingerprint density at radius 1 is 1.00 bits per heavy atom. The topological polar surface area (TPSA) is 71.1 Å². The minimum absolute atomic E-state index is 0.0229. The zero-order valence-electron chi connectivity index (χ0n) is 13.5. The number of rotatable bonds is 6. The van der Waals surface area contributed by atoms with Gasteiger partial charge in [0, 0.05) is 12.1 Å². The molecule has 0 unspecified atom stereocenters. The number of nitrogens with zero attached hydrogens (tertiary/aromatic N) is 1. The lowest BCUT2D eigenvalue weighted by molar-refractivity contribution is 0.601. The molecule has 0 saturated heterocycles. The Morgan fingerprint density at radius 2 is 1.73 bits per heavy atom. The number of hydrogen-bond acceptors (Lipinski definition) is 4. The Labute approximate surface area is 155 Å². The largest absolute Gasteiger partial charge is 0.380 e. The van der Waals surface area contributed by atoms with E-state index in [0.717, 1.165) is 0 Å². The molecule has 8 heteroatoms. The van der Waals surface area contributed by atoms with Crippen molar-refractivity contribution in [1.29, 1.82) is 0 Å². The van der Waals surface area contributed by atoms with Gasteiger partial charge in [-0.2, -0.15) is 0 Å². The normalized spacial score (nSPS) is 11.2. The minimum atomic E-state index is -3.83. The molecule has 1 heterocycles. The molecule has 0 spiro atoms. The van der Waals surface area contributed by atoms with Gasteiger partial charge in [-0.15, -0.1) is 0 Å². The van der Waals surface area contributed by atoms with E-state index in [0.29, 0.717) is 17.8 Å². The fourth-order valence-electron chi connectivity index (χ4n) is 2.25. The van der Waals surface area contributed by atoms with E-state index in [4.69, 9.17) is 11.6 Å². The van der Waals surface area contributed by atoms with Crippen LogP contribution in [0, 0.1) is 5.82 Å². The Kier molecular flexibility index (Phi) is 5.39. The van der Waals surface area contributed by atoms with E-state index < -0.39 is 10.0 Å².